The van der Waals surface area contributed by atoms with Crippen molar-refractivity contribution in [2.45, 2.75) is 17.9 Å². The Morgan fingerprint density at radius 1 is 1.19 bits per heavy atom. The monoisotopic (exact) mass is 603 g/mol. The third kappa shape index (κ3) is 5.33. The molecule has 0 saturated carbocycles. The Balaban J connectivity index is 1.82. The van der Waals surface area contributed by atoms with Crippen molar-refractivity contribution in [1.82, 2.24) is 4.57 Å². The summed E-state index contributed by atoms with van der Waals surface area (Å²) in [5, 5.41) is 21.7. The molecule has 1 N–H and O–H groups in total. The number of phenols is 1. The summed E-state index contributed by atoms with van der Waals surface area (Å²) in [6.07, 6.45) is 3.43. The third-order valence-corrected chi connectivity index (χ3v) is 8.32. The molecule has 42 heavy (non-hydrogen) atoms. The average molecular weight is 604 g/mol. The number of phenolic OH excluding ortho intramolecular Hbond substituents is 1. The fourth-order valence-electron chi connectivity index (χ4n) is 4.69. The second-order valence-corrected chi connectivity index (χ2v) is 10.9. The summed E-state index contributed by atoms with van der Waals surface area (Å²) in [6, 6.07) is 18.5. The first-order valence-electron chi connectivity index (χ1n) is 12.7. The number of aromatic nitrogens is 1. The van der Waals surface area contributed by atoms with Crippen molar-refractivity contribution >= 4 is 46.5 Å². The average Bonchev–Trinajstić information content (AvgIpc) is 3.31. The highest BCUT2D eigenvalue weighted by Crippen LogP contribution is 2.38. The number of fused-ring (bicyclic) bond motifs is 1. The minimum atomic E-state index is -0.850. The minimum absolute atomic E-state index is 0.106. The van der Waals surface area contributed by atoms with E-state index in [0.717, 1.165) is 22.3 Å². The van der Waals surface area contributed by atoms with Crippen LogP contribution in [0.2, 0.25) is 0 Å². The summed E-state index contributed by atoms with van der Waals surface area (Å²) in [7, 11) is 1.28. The van der Waals surface area contributed by atoms with Crippen LogP contribution in [0.4, 0.5) is 5.69 Å². The van der Waals surface area contributed by atoms with Crippen molar-refractivity contribution < 1.29 is 24.3 Å². The number of rotatable bonds is 8. The molecule has 0 bridgehead atoms. The summed E-state index contributed by atoms with van der Waals surface area (Å²) >= 11 is 2.65. The van der Waals surface area contributed by atoms with Gasteiger partial charge in [0.05, 0.1) is 40.5 Å². The van der Waals surface area contributed by atoms with Gasteiger partial charge in [-0.15, -0.1) is 11.8 Å². The number of methoxy groups -OCH3 is 1. The highest BCUT2D eigenvalue weighted by molar-refractivity contribution is 7.98. The molecule has 3 aromatic carbocycles. The molecule has 2 heterocycles. The first-order chi connectivity index (χ1) is 20.3. The third-order valence-electron chi connectivity index (χ3n) is 6.60. The SMILES string of the molecule is CCOC(=O)C1=C(c2ccccc2)N=c2s/c(=C\c3cc(OC)c(O)c([N+](=O)[O-])c3)c(=O)n2[C@H]1c1ccc(SC)cc1. The predicted octanol–water partition coefficient (Wildman–Crippen LogP) is 4.28. The topological polar surface area (TPSA) is 133 Å². The van der Waals surface area contributed by atoms with Crippen molar-refractivity contribution in [3.05, 3.63) is 119 Å². The molecule has 4 aromatic rings. The van der Waals surface area contributed by atoms with Crippen LogP contribution in [-0.4, -0.2) is 40.5 Å². The molecule has 1 aromatic heterocycles. The molecule has 0 saturated heterocycles. The molecule has 0 spiro atoms. The lowest BCUT2D eigenvalue weighted by Crippen LogP contribution is -2.40. The van der Waals surface area contributed by atoms with E-state index < -0.39 is 33.9 Å². The Morgan fingerprint density at radius 3 is 2.52 bits per heavy atom. The Labute approximate surface area is 248 Å². The zero-order chi connectivity index (χ0) is 30.0. The molecule has 5 rings (SSSR count). The maximum atomic E-state index is 14.0. The number of thioether (sulfide) groups is 1. The van der Waals surface area contributed by atoms with Crippen LogP contribution in [0.5, 0.6) is 11.5 Å². The number of aromatic hydroxyl groups is 1. The van der Waals surface area contributed by atoms with Crippen molar-refractivity contribution in [2.24, 2.45) is 4.99 Å². The molecular weight excluding hydrogens is 578 g/mol. The van der Waals surface area contributed by atoms with E-state index in [1.165, 1.54) is 23.8 Å². The van der Waals surface area contributed by atoms with Crippen molar-refractivity contribution in [1.29, 1.82) is 0 Å². The lowest BCUT2D eigenvalue weighted by Gasteiger charge is -2.26. The first-order valence-corrected chi connectivity index (χ1v) is 14.8. The van der Waals surface area contributed by atoms with E-state index in [0.29, 0.717) is 21.6 Å². The summed E-state index contributed by atoms with van der Waals surface area (Å²) < 4.78 is 12.3. The van der Waals surface area contributed by atoms with Crippen LogP contribution in [-0.2, 0) is 9.53 Å². The van der Waals surface area contributed by atoms with E-state index in [9.17, 15) is 24.8 Å². The van der Waals surface area contributed by atoms with Crippen LogP contribution in [0.3, 0.4) is 0 Å². The van der Waals surface area contributed by atoms with E-state index >= 15 is 0 Å². The number of carbonyl (C=O) groups is 1. The van der Waals surface area contributed by atoms with Gasteiger partial charge in [-0.25, -0.2) is 9.79 Å². The standard InChI is InChI=1S/C30H25N3O7S2/c1-4-40-29(36)24-25(18-8-6-5-7-9-18)31-30-32(26(24)19-10-12-20(41-3)13-11-19)28(35)23(42-30)16-17-14-21(33(37)38)27(34)22(15-17)39-2/h5-16,26,34H,4H2,1-3H3/b23-16-/t26-/m0/s1. The largest absolute Gasteiger partial charge is 0.500 e. The van der Waals surface area contributed by atoms with Gasteiger partial charge in [0.1, 0.15) is 0 Å². The number of thiazole rings is 1. The van der Waals surface area contributed by atoms with Gasteiger partial charge < -0.3 is 14.6 Å². The van der Waals surface area contributed by atoms with Crippen LogP contribution >= 0.6 is 23.1 Å². The number of nitrogens with zero attached hydrogens (tertiary/aromatic N) is 3. The second-order valence-electron chi connectivity index (χ2n) is 9.05. The summed E-state index contributed by atoms with van der Waals surface area (Å²) in [5.41, 5.74) is 1.26. The molecule has 1 aliphatic heterocycles. The molecule has 0 amide bonds. The molecule has 1 aliphatic rings. The number of nitro groups is 1. The molecular formula is C30H25N3O7S2. The van der Waals surface area contributed by atoms with Crippen molar-refractivity contribution in [2.75, 3.05) is 20.0 Å². The molecule has 0 aliphatic carbocycles. The summed E-state index contributed by atoms with van der Waals surface area (Å²) in [6.45, 7) is 1.84. The molecule has 0 fully saturated rings. The molecule has 0 radical (unpaired) electrons. The van der Waals surface area contributed by atoms with Crippen molar-refractivity contribution in [3.63, 3.8) is 0 Å². The molecule has 214 valence electrons. The van der Waals surface area contributed by atoms with E-state index in [1.807, 2.05) is 60.9 Å². The Hall–Kier alpha value is -4.68. The maximum absolute atomic E-state index is 14.0. The fraction of sp³-hybridized carbons (Fsp3) is 0.167. The Bertz CT molecular complexity index is 1900. The van der Waals surface area contributed by atoms with Gasteiger partial charge in [-0.3, -0.25) is 19.5 Å². The lowest BCUT2D eigenvalue weighted by molar-refractivity contribution is -0.386. The van der Waals surface area contributed by atoms with Crippen LogP contribution in [0, 0.1) is 10.1 Å². The number of nitro benzene ring substituents is 1. The van der Waals surface area contributed by atoms with Crippen LogP contribution in [0.15, 0.2) is 87.0 Å². The number of ether oxygens (including phenoxy) is 2. The van der Waals surface area contributed by atoms with Crippen LogP contribution < -0.4 is 19.6 Å². The fourth-order valence-corrected chi connectivity index (χ4v) is 6.09. The number of hydrogen-bond acceptors (Lipinski definition) is 10. The number of hydrogen-bond donors (Lipinski definition) is 1. The predicted molar refractivity (Wildman–Crippen MR) is 161 cm³/mol. The van der Waals surface area contributed by atoms with Gasteiger partial charge in [0.25, 0.3) is 5.56 Å². The van der Waals surface area contributed by atoms with Gasteiger partial charge >= 0.3 is 11.7 Å². The Morgan fingerprint density at radius 2 is 1.90 bits per heavy atom. The molecule has 12 heteroatoms. The lowest BCUT2D eigenvalue weighted by atomic mass is 9.93. The smallest absolute Gasteiger partial charge is 0.338 e. The highest BCUT2D eigenvalue weighted by atomic mass is 32.2. The van der Waals surface area contributed by atoms with Gasteiger partial charge in [0.2, 0.25) is 5.75 Å². The van der Waals surface area contributed by atoms with Gasteiger partial charge in [-0.1, -0.05) is 53.8 Å². The van der Waals surface area contributed by atoms with E-state index in [2.05, 4.69) is 0 Å². The highest BCUT2D eigenvalue weighted by Gasteiger charge is 2.35. The van der Waals surface area contributed by atoms with Gasteiger partial charge in [0, 0.05) is 16.5 Å². The Kier molecular flexibility index (Phi) is 8.27. The van der Waals surface area contributed by atoms with E-state index in [1.54, 1.807) is 18.7 Å². The normalized spacial score (nSPS) is 14.7. The maximum Gasteiger partial charge on any atom is 0.338 e. The number of benzene rings is 3. The van der Waals surface area contributed by atoms with Crippen LogP contribution in [0.25, 0.3) is 11.8 Å². The summed E-state index contributed by atoms with van der Waals surface area (Å²) in [5.74, 6) is -1.31. The molecule has 1 atom stereocenters. The quantitative estimate of drug-likeness (QED) is 0.137. The summed E-state index contributed by atoms with van der Waals surface area (Å²) in [4.78, 5) is 44.5. The van der Waals surface area contributed by atoms with Gasteiger partial charge in [0.15, 0.2) is 10.6 Å². The zero-order valence-electron chi connectivity index (χ0n) is 22.8. The first kappa shape index (κ1) is 28.8. The second kappa shape index (κ2) is 12.0. The molecule has 0 unspecified atom stereocenters. The molecule has 10 nitrogen and oxygen atoms in total. The number of carbonyl (C=O) groups excluding carboxylic acids is 1. The van der Waals surface area contributed by atoms with Gasteiger partial charge in [-0.05, 0) is 48.6 Å². The van der Waals surface area contributed by atoms with Gasteiger partial charge in [-0.2, -0.15) is 0 Å². The number of esters is 1. The van der Waals surface area contributed by atoms with E-state index in [-0.39, 0.29) is 28.0 Å². The minimum Gasteiger partial charge on any atom is -0.500 e. The zero-order valence-corrected chi connectivity index (χ0v) is 24.4. The van der Waals surface area contributed by atoms with Crippen molar-refractivity contribution in [3.8, 4) is 11.5 Å². The van der Waals surface area contributed by atoms with E-state index in [4.69, 9.17) is 14.5 Å². The van der Waals surface area contributed by atoms with Crippen LogP contribution in [0.1, 0.15) is 29.7 Å².